The zero-order chi connectivity index (χ0) is 16.2. The van der Waals surface area contributed by atoms with Crippen molar-refractivity contribution in [2.75, 3.05) is 0 Å². The zero-order valence-corrected chi connectivity index (χ0v) is 14.1. The third kappa shape index (κ3) is 4.16. The fourth-order valence-corrected chi connectivity index (χ4v) is 2.85. The van der Waals surface area contributed by atoms with Gasteiger partial charge in [0.25, 0.3) is 0 Å². The first-order chi connectivity index (χ1) is 10.4. The van der Waals surface area contributed by atoms with E-state index in [2.05, 4.69) is 39.5 Å². The predicted octanol–water partition coefficient (Wildman–Crippen LogP) is 5.34. The molecule has 1 aliphatic rings. The van der Waals surface area contributed by atoms with E-state index in [4.69, 9.17) is 4.74 Å². The molecule has 22 heavy (non-hydrogen) atoms. The topological polar surface area (TPSA) is 29.5 Å². The Morgan fingerprint density at radius 3 is 2.86 bits per heavy atom. The maximum Gasteiger partial charge on any atom is 0.127 e. The van der Waals surface area contributed by atoms with Crippen LogP contribution in [0.4, 0.5) is 0 Å². The van der Waals surface area contributed by atoms with Gasteiger partial charge in [0.05, 0.1) is 0 Å². The highest BCUT2D eigenvalue weighted by molar-refractivity contribution is 5.49. The van der Waals surface area contributed by atoms with Gasteiger partial charge in [-0.1, -0.05) is 37.6 Å². The lowest BCUT2D eigenvalue weighted by atomic mass is 9.92. The second-order valence-electron chi connectivity index (χ2n) is 6.73. The van der Waals surface area contributed by atoms with Crippen molar-refractivity contribution < 1.29 is 9.84 Å². The average molecular weight is 300 g/mol. The first-order valence-electron chi connectivity index (χ1n) is 8.30. The van der Waals surface area contributed by atoms with E-state index >= 15 is 0 Å². The quantitative estimate of drug-likeness (QED) is 0.718. The molecule has 0 radical (unpaired) electrons. The van der Waals surface area contributed by atoms with Crippen LogP contribution >= 0.6 is 0 Å². The lowest BCUT2D eigenvalue weighted by Gasteiger charge is -2.33. The van der Waals surface area contributed by atoms with E-state index in [1.807, 2.05) is 12.1 Å². The number of hydrogen-bond donors (Lipinski definition) is 1. The van der Waals surface area contributed by atoms with Crippen LogP contribution in [0.25, 0.3) is 0 Å². The number of fused-ring (bicyclic) bond motifs is 1. The van der Waals surface area contributed by atoms with Crippen LogP contribution in [0, 0.1) is 0 Å². The second kappa shape index (κ2) is 7.04. The van der Waals surface area contributed by atoms with Crippen molar-refractivity contribution in [3.05, 3.63) is 47.6 Å². The highest BCUT2D eigenvalue weighted by atomic mass is 16.5. The Kier molecular flexibility index (Phi) is 5.33. The predicted molar refractivity (Wildman–Crippen MR) is 92.6 cm³/mol. The molecule has 0 bridgehead atoms. The van der Waals surface area contributed by atoms with E-state index in [0.717, 1.165) is 55.4 Å². The van der Waals surface area contributed by atoms with Crippen LogP contribution in [-0.2, 0) is 12.8 Å². The zero-order valence-electron chi connectivity index (χ0n) is 14.1. The fourth-order valence-electron chi connectivity index (χ4n) is 2.85. The van der Waals surface area contributed by atoms with E-state index in [0.29, 0.717) is 5.75 Å². The highest BCUT2D eigenvalue weighted by Gasteiger charge is 2.28. The molecule has 0 saturated heterocycles. The highest BCUT2D eigenvalue weighted by Crippen LogP contribution is 2.39. The molecule has 0 saturated carbocycles. The standard InChI is InChI=1S/C20H28O2/c1-5-7-8-15(6-2)9-10-16-13-18(21)17-11-12-20(3,4)22-19(17)14-16/h6,8,13-14,21H,2,5,7,9-12H2,1,3-4H3/b15-8+. The molecular formula is C20H28O2. The normalized spacial score (nSPS) is 16.8. The lowest BCUT2D eigenvalue weighted by Crippen LogP contribution is -2.32. The number of allylic oxidation sites excluding steroid dienone is 3. The van der Waals surface area contributed by atoms with E-state index in [1.165, 1.54) is 5.57 Å². The van der Waals surface area contributed by atoms with Crippen LogP contribution in [0.15, 0.2) is 36.4 Å². The maximum atomic E-state index is 10.3. The van der Waals surface area contributed by atoms with Gasteiger partial charge in [0.15, 0.2) is 0 Å². The van der Waals surface area contributed by atoms with Gasteiger partial charge in [-0.2, -0.15) is 0 Å². The molecular weight excluding hydrogens is 272 g/mol. The van der Waals surface area contributed by atoms with Gasteiger partial charge in [-0.05, 0) is 63.6 Å². The smallest absolute Gasteiger partial charge is 0.127 e. The Morgan fingerprint density at radius 2 is 2.18 bits per heavy atom. The number of aromatic hydroxyl groups is 1. The Labute approximate surface area is 134 Å². The monoisotopic (exact) mass is 300 g/mol. The Hall–Kier alpha value is -1.70. The molecule has 1 aromatic rings. The number of ether oxygens (including phenoxy) is 1. The molecule has 2 heteroatoms. The fraction of sp³-hybridized carbons (Fsp3) is 0.500. The summed E-state index contributed by atoms with van der Waals surface area (Å²) < 4.78 is 6.04. The van der Waals surface area contributed by atoms with Crippen LogP contribution in [0.3, 0.4) is 0 Å². The molecule has 0 atom stereocenters. The summed E-state index contributed by atoms with van der Waals surface area (Å²) in [6.45, 7) is 10.3. The summed E-state index contributed by atoms with van der Waals surface area (Å²) >= 11 is 0. The number of aryl methyl sites for hydroxylation is 1. The molecule has 0 amide bonds. The van der Waals surface area contributed by atoms with Gasteiger partial charge >= 0.3 is 0 Å². The van der Waals surface area contributed by atoms with E-state index < -0.39 is 0 Å². The van der Waals surface area contributed by atoms with E-state index in [9.17, 15) is 5.11 Å². The van der Waals surface area contributed by atoms with Gasteiger partial charge < -0.3 is 9.84 Å². The van der Waals surface area contributed by atoms with Crippen LogP contribution in [0.1, 0.15) is 57.6 Å². The SMILES string of the molecule is C=C/C(=C\CCC)CCc1cc(O)c2c(c1)OC(C)(C)CC2. The molecule has 120 valence electrons. The number of phenols is 1. The molecule has 0 aliphatic carbocycles. The van der Waals surface area contributed by atoms with Gasteiger partial charge in [-0.3, -0.25) is 0 Å². The van der Waals surface area contributed by atoms with Crippen molar-refractivity contribution in [2.24, 2.45) is 0 Å². The molecule has 2 nitrogen and oxygen atoms in total. The molecule has 1 heterocycles. The Morgan fingerprint density at radius 1 is 1.41 bits per heavy atom. The molecule has 0 aromatic heterocycles. The number of phenolic OH excluding ortho intramolecular Hbond substituents is 1. The molecule has 1 aliphatic heterocycles. The number of rotatable bonds is 6. The third-order valence-electron chi connectivity index (χ3n) is 4.27. The van der Waals surface area contributed by atoms with E-state index in [-0.39, 0.29) is 5.60 Å². The maximum absolute atomic E-state index is 10.3. The minimum absolute atomic E-state index is 0.147. The van der Waals surface area contributed by atoms with Crippen LogP contribution in [-0.4, -0.2) is 10.7 Å². The van der Waals surface area contributed by atoms with Crippen molar-refractivity contribution in [1.82, 2.24) is 0 Å². The minimum Gasteiger partial charge on any atom is -0.508 e. The summed E-state index contributed by atoms with van der Waals surface area (Å²) in [5.41, 5.74) is 3.21. The first kappa shape index (κ1) is 16.7. The van der Waals surface area contributed by atoms with Crippen LogP contribution in [0.2, 0.25) is 0 Å². The molecule has 1 N–H and O–H groups in total. The van der Waals surface area contributed by atoms with Crippen LogP contribution < -0.4 is 4.74 Å². The molecule has 2 rings (SSSR count). The number of benzene rings is 1. The largest absolute Gasteiger partial charge is 0.508 e. The van der Waals surface area contributed by atoms with Gasteiger partial charge in [-0.25, -0.2) is 0 Å². The summed E-state index contributed by atoms with van der Waals surface area (Å²) in [5.74, 6) is 1.23. The van der Waals surface area contributed by atoms with Gasteiger partial charge in [0, 0.05) is 5.56 Å². The Bertz CT molecular complexity index is 567. The van der Waals surface area contributed by atoms with Gasteiger partial charge in [-0.15, -0.1) is 0 Å². The minimum atomic E-state index is -0.147. The molecule has 0 fully saturated rings. The average Bonchev–Trinajstić information content (AvgIpc) is 2.46. The summed E-state index contributed by atoms with van der Waals surface area (Å²) in [6.07, 6.45) is 10.1. The Balaban J connectivity index is 2.13. The second-order valence-corrected chi connectivity index (χ2v) is 6.73. The summed E-state index contributed by atoms with van der Waals surface area (Å²) in [5, 5.41) is 10.3. The molecule has 1 aromatic carbocycles. The van der Waals surface area contributed by atoms with Crippen molar-refractivity contribution in [3.63, 3.8) is 0 Å². The van der Waals surface area contributed by atoms with Gasteiger partial charge in [0.2, 0.25) is 0 Å². The molecule has 0 unspecified atom stereocenters. The van der Waals surface area contributed by atoms with Gasteiger partial charge in [0.1, 0.15) is 17.1 Å². The molecule has 0 spiro atoms. The summed E-state index contributed by atoms with van der Waals surface area (Å²) in [6, 6.07) is 3.98. The lowest BCUT2D eigenvalue weighted by molar-refractivity contribution is 0.0836. The van der Waals surface area contributed by atoms with Crippen molar-refractivity contribution >= 4 is 0 Å². The number of unbranched alkanes of at least 4 members (excludes halogenated alkanes) is 1. The number of hydrogen-bond acceptors (Lipinski definition) is 2. The van der Waals surface area contributed by atoms with Crippen molar-refractivity contribution in [2.45, 2.75) is 64.9 Å². The summed E-state index contributed by atoms with van der Waals surface area (Å²) in [4.78, 5) is 0. The van der Waals surface area contributed by atoms with Crippen molar-refractivity contribution in [3.8, 4) is 11.5 Å². The third-order valence-corrected chi connectivity index (χ3v) is 4.27. The van der Waals surface area contributed by atoms with Crippen molar-refractivity contribution in [1.29, 1.82) is 0 Å². The van der Waals surface area contributed by atoms with E-state index in [1.54, 1.807) is 0 Å². The van der Waals surface area contributed by atoms with Crippen LogP contribution in [0.5, 0.6) is 11.5 Å². The first-order valence-corrected chi connectivity index (χ1v) is 8.30. The summed E-state index contributed by atoms with van der Waals surface area (Å²) in [7, 11) is 0.